The summed E-state index contributed by atoms with van der Waals surface area (Å²) in [4.78, 5) is 24.1. The van der Waals surface area contributed by atoms with Crippen molar-refractivity contribution in [3.63, 3.8) is 0 Å². The fourth-order valence-electron chi connectivity index (χ4n) is 1.27. The van der Waals surface area contributed by atoms with Gasteiger partial charge in [-0.1, -0.05) is 24.8 Å². The van der Waals surface area contributed by atoms with E-state index in [-0.39, 0.29) is 11.8 Å². The molecule has 0 atom stereocenters. The van der Waals surface area contributed by atoms with Crippen LogP contribution in [-0.2, 0) is 9.59 Å². The van der Waals surface area contributed by atoms with Crippen LogP contribution in [0.2, 0.25) is 0 Å². The molecule has 0 bridgehead atoms. The van der Waals surface area contributed by atoms with Gasteiger partial charge in [0.05, 0.1) is 0 Å². The Kier molecular flexibility index (Phi) is 3.39. The number of carbonyl (C=O) groups excluding carboxylic acids is 2. The highest BCUT2D eigenvalue weighted by Gasteiger charge is 2.28. The third-order valence-corrected chi connectivity index (χ3v) is 2.04. The second-order valence-corrected chi connectivity index (χ2v) is 3.23. The molecule has 0 saturated carbocycles. The van der Waals surface area contributed by atoms with Gasteiger partial charge < -0.3 is 0 Å². The lowest BCUT2D eigenvalue weighted by Gasteiger charge is -2.13. The van der Waals surface area contributed by atoms with Gasteiger partial charge in [0.2, 0.25) is 0 Å². The van der Waals surface area contributed by atoms with Crippen LogP contribution in [0.1, 0.15) is 13.8 Å². The molecule has 1 heterocycles. The summed E-state index contributed by atoms with van der Waals surface area (Å²) in [5.74, 6) is -0.529. The van der Waals surface area contributed by atoms with Crippen LogP contribution in [-0.4, -0.2) is 16.7 Å². The van der Waals surface area contributed by atoms with Gasteiger partial charge >= 0.3 is 0 Å². The Bertz CT molecular complexity index is 400. The molecule has 3 heteroatoms. The van der Waals surface area contributed by atoms with Gasteiger partial charge in [-0.3, -0.25) is 9.59 Å². The van der Waals surface area contributed by atoms with Crippen LogP contribution in [0, 0.1) is 0 Å². The van der Waals surface area contributed by atoms with Gasteiger partial charge in [-0.25, -0.2) is 4.90 Å². The van der Waals surface area contributed by atoms with Crippen LogP contribution < -0.4 is 0 Å². The Morgan fingerprint density at radius 1 is 1.40 bits per heavy atom. The topological polar surface area (TPSA) is 37.4 Å². The summed E-state index contributed by atoms with van der Waals surface area (Å²) in [6, 6.07) is 0. The van der Waals surface area contributed by atoms with Crippen molar-refractivity contribution >= 4 is 11.8 Å². The van der Waals surface area contributed by atoms with E-state index in [1.807, 2.05) is 0 Å². The highest BCUT2D eigenvalue weighted by Crippen LogP contribution is 2.17. The van der Waals surface area contributed by atoms with Crippen molar-refractivity contribution in [2.24, 2.45) is 0 Å². The standard InChI is InChI=1S/C12H13NO2/c1-4-5-6-7-10(3)13-11(14)8-9(2)12(13)15/h4-8H,1H2,2-3H3/b6-5-,10-7+. The van der Waals surface area contributed by atoms with Gasteiger partial charge in [0.25, 0.3) is 11.8 Å². The van der Waals surface area contributed by atoms with Crippen LogP contribution in [0.5, 0.6) is 0 Å². The Balaban J connectivity index is 2.87. The van der Waals surface area contributed by atoms with Gasteiger partial charge in [0.1, 0.15) is 0 Å². The van der Waals surface area contributed by atoms with Crippen LogP contribution in [0.3, 0.4) is 0 Å². The molecule has 0 aromatic rings. The zero-order valence-corrected chi connectivity index (χ0v) is 8.86. The van der Waals surface area contributed by atoms with Gasteiger partial charge in [-0.15, -0.1) is 0 Å². The van der Waals surface area contributed by atoms with E-state index in [4.69, 9.17) is 0 Å². The Hall–Kier alpha value is -1.90. The summed E-state index contributed by atoms with van der Waals surface area (Å²) in [5.41, 5.74) is 1.08. The van der Waals surface area contributed by atoms with Crippen LogP contribution in [0.25, 0.3) is 0 Å². The van der Waals surface area contributed by atoms with E-state index in [0.717, 1.165) is 4.90 Å². The molecule has 1 aliphatic rings. The van der Waals surface area contributed by atoms with Crippen molar-refractivity contribution in [1.29, 1.82) is 0 Å². The predicted molar refractivity (Wildman–Crippen MR) is 58.7 cm³/mol. The van der Waals surface area contributed by atoms with Crippen molar-refractivity contribution in [1.82, 2.24) is 4.90 Å². The minimum atomic E-state index is -0.279. The van der Waals surface area contributed by atoms with Crippen LogP contribution in [0.15, 0.2) is 48.2 Å². The van der Waals surface area contributed by atoms with Crippen molar-refractivity contribution < 1.29 is 9.59 Å². The first-order valence-corrected chi connectivity index (χ1v) is 4.60. The molecule has 0 N–H and O–H groups in total. The molecule has 0 aliphatic carbocycles. The summed E-state index contributed by atoms with van der Waals surface area (Å²) >= 11 is 0. The maximum absolute atomic E-state index is 11.5. The number of hydrogen-bond donors (Lipinski definition) is 0. The molecule has 2 amide bonds. The highest BCUT2D eigenvalue weighted by molar-refractivity contribution is 6.17. The van der Waals surface area contributed by atoms with E-state index in [0.29, 0.717) is 11.3 Å². The zero-order chi connectivity index (χ0) is 11.4. The highest BCUT2D eigenvalue weighted by atomic mass is 16.2. The molecule has 0 aromatic heterocycles. The molecular weight excluding hydrogens is 190 g/mol. The van der Waals surface area contributed by atoms with E-state index in [2.05, 4.69) is 6.58 Å². The SMILES string of the molecule is C=C/C=C\C=C(/C)N1C(=O)C=C(C)C1=O. The zero-order valence-electron chi connectivity index (χ0n) is 8.86. The molecule has 0 radical (unpaired) electrons. The minimum Gasteiger partial charge on any atom is -0.269 e. The third kappa shape index (κ3) is 2.31. The Morgan fingerprint density at radius 2 is 2.07 bits per heavy atom. The second-order valence-electron chi connectivity index (χ2n) is 3.23. The first-order chi connectivity index (χ1) is 7.07. The number of hydrogen-bond acceptors (Lipinski definition) is 2. The van der Waals surface area contributed by atoms with Crippen molar-refractivity contribution in [2.75, 3.05) is 0 Å². The molecule has 1 rings (SSSR count). The largest absolute Gasteiger partial charge is 0.269 e. The lowest BCUT2D eigenvalue weighted by Crippen LogP contribution is -2.28. The van der Waals surface area contributed by atoms with E-state index in [1.54, 1.807) is 38.2 Å². The maximum atomic E-state index is 11.5. The van der Waals surface area contributed by atoms with Gasteiger partial charge in [0.15, 0.2) is 0 Å². The molecule has 0 fully saturated rings. The molecule has 0 unspecified atom stereocenters. The number of nitrogens with zero attached hydrogens (tertiary/aromatic N) is 1. The predicted octanol–water partition coefficient (Wildman–Crippen LogP) is 1.95. The molecule has 1 aliphatic heterocycles. The normalized spacial score (nSPS) is 17.6. The van der Waals surface area contributed by atoms with Crippen LogP contribution >= 0.6 is 0 Å². The van der Waals surface area contributed by atoms with Crippen LogP contribution in [0.4, 0.5) is 0 Å². The fraction of sp³-hybridized carbons (Fsp3) is 0.167. The lowest BCUT2D eigenvalue weighted by molar-refractivity contribution is -0.134. The van der Waals surface area contributed by atoms with E-state index in [9.17, 15) is 9.59 Å². The number of allylic oxidation sites excluding steroid dienone is 5. The molecule has 15 heavy (non-hydrogen) atoms. The lowest BCUT2D eigenvalue weighted by atomic mass is 10.3. The van der Waals surface area contributed by atoms with E-state index < -0.39 is 0 Å². The monoisotopic (exact) mass is 203 g/mol. The third-order valence-electron chi connectivity index (χ3n) is 2.04. The molecule has 3 nitrogen and oxygen atoms in total. The van der Waals surface area contributed by atoms with Crippen molar-refractivity contribution in [3.05, 3.63) is 48.2 Å². The number of rotatable bonds is 3. The Morgan fingerprint density at radius 3 is 2.53 bits per heavy atom. The minimum absolute atomic E-state index is 0.249. The first-order valence-electron chi connectivity index (χ1n) is 4.60. The molecule has 0 spiro atoms. The summed E-state index contributed by atoms with van der Waals surface area (Å²) < 4.78 is 0. The Labute approximate surface area is 89.1 Å². The second kappa shape index (κ2) is 4.55. The average molecular weight is 203 g/mol. The molecule has 0 saturated heterocycles. The van der Waals surface area contributed by atoms with Gasteiger partial charge in [-0.2, -0.15) is 0 Å². The van der Waals surface area contributed by atoms with Crippen molar-refractivity contribution in [3.8, 4) is 0 Å². The summed E-state index contributed by atoms with van der Waals surface area (Å²) in [6.07, 6.45) is 8.13. The summed E-state index contributed by atoms with van der Waals surface area (Å²) in [7, 11) is 0. The molecular formula is C12H13NO2. The fourth-order valence-corrected chi connectivity index (χ4v) is 1.27. The quantitative estimate of drug-likeness (QED) is 0.519. The smallest absolute Gasteiger partial charge is 0.260 e. The number of amides is 2. The summed E-state index contributed by atoms with van der Waals surface area (Å²) in [6.45, 7) is 6.87. The number of imide groups is 1. The van der Waals surface area contributed by atoms with Crippen molar-refractivity contribution in [2.45, 2.75) is 13.8 Å². The van der Waals surface area contributed by atoms with E-state index in [1.165, 1.54) is 6.08 Å². The number of carbonyl (C=O) groups is 2. The average Bonchev–Trinajstić information content (AvgIpc) is 2.41. The van der Waals surface area contributed by atoms with Gasteiger partial charge in [-0.05, 0) is 19.9 Å². The summed E-state index contributed by atoms with van der Waals surface area (Å²) in [5, 5.41) is 0. The molecule has 78 valence electrons. The van der Waals surface area contributed by atoms with E-state index >= 15 is 0 Å². The first kappa shape index (κ1) is 11.2. The maximum Gasteiger partial charge on any atom is 0.260 e. The van der Waals surface area contributed by atoms with Gasteiger partial charge in [0, 0.05) is 17.3 Å². The molecule has 0 aromatic carbocycles.